The van der Waals surface area contributed by atoms with Gasteiger partial charge in [-0.05, 0) is 19.1 Å². The van der Waals surface area contributed by atoms with E-state index in [0.717, 1.165) is 28.1 Å². The molecular weight excluding hydrogens is 212 g/mol. The molecule has 0 fully saturated rings. The Morgan fingerprint density at radius 2 is 2.00 bits per heavy atom. The van der Waals surface area contributed by atoms with Crippen molar-refractivity contribution in [2.24, 2.45) is 4.99 Å². The zero-order chi connectivity index (χ0) is 12.0. The highest BCUT2D eigenvalue weighted by atomic mass is 16.1. The number of allylic oxidation sites excluding steroid dienone is 3. The predicted molar refractivity (Wildman–Crippen MR) is 68.3 cm³/mol. The molecule has 2 aliphatic rings. The van der Waals surface area contributed by atoms with E-state index in [4.69, 9.17) is 0 Å². The summed E-state index contributed by atoms with van der Waals surface area (Å²) in [6.45, 7) is 1.83. The van der Waals surface area contributed by atoms with Crippen molar-refractivity contribution in [1.29, 1.82) is 0 Å². The fourth-order valence-corrected chi connectivity index (χ4v) is 2.24. The number of para-hydroxylation sites is 1. The average molecular weight is 224 g/mol. The van der Waals surface area contributed by atoms with Gasteiger partial charge in [0.05, 0.1) is 5.69 Å². The molecule has 0 saturated carbocycles. The molecule has 1 aromatic rings. The molecule has 0 bridgehead atoms. The number of carbonyl (C=O) groups is 1. The fourth-order valence-electron chi connectivity index (χ4n) is 2.24. The molecule has 1 aromatic carbocycles. The Balaban J connectivity index is 2.24. The Morgan fingerprint density at radius 3 is 2.76 bits per heavy atom. The SMILES string of the molecule is CNC1=C(C)C(=O)C2=Nc3ccccc3C2=C1. The molecule has 0 saturated heterocycles. The molecule has 84 valence electrons. The van der Waals surface area contributed by atoms with E-state index in [1.807, 2.05) is 44.3 Å². The first-order valence-electron chi connectivity index (χ1n) is 5.56. The van der Waals surface area contributed by atoms with Crippen LogP contribution in [0.2, 0.25) is 0 Å². The molecule has 0 aromatic heterocycles. The van der Waals surface area contributed by atoms with Crippen LogP contribution in [-0.2, 0) is 4.79 Å². The van der Waals surface area contributed by atoms with Crippen LogP contribution in [-0.4, -0.2) is 18.5 Å². The summed E-state index contributed by atoms with van der Waals surface area (Å²) in [5.41, 5.74) is 5.02. The first-order valence-corrected chi connectivity index (χ1v) is 5.56. The molecule has 1 aliphatic carbocycles. The molecular formula is C14H12N2O. The number of nitrogens with one attached hydrogen (secondary N) is 1. The van der Waals surface area contributed by atoms with Crippen LogP contribution in [0.1, 0.15) is 12.5 Å². The number of hydrogen-bond donors (Lipinski definition) is 1. The zero-order valence-corrected chi connectivity index (χ0v) is 9.74. The lowest BCUT2D eigenvalue weighted by molar-refractivity contribution is -0.109. The summed E-state index contributed by atoms with van der Waals surface area (Å²) in [6, 6.07) is 7.83. The maximum absolute atomic E-state index is 12.2. The van der Waals surface area contributed by atoms with Gasteiger partial charge in [-0.3, -0.25) is 4.79 Å². The highest BCUT2D eigenvalue weighted by Gasteiger charge is 2.30. The standard InChI is InChI=1S/C14H12N2O/c1-8-12(15-2)7-10-9-5-3-4-6-11(9)16-13(10)14(8)17/h3-7,15H,1-2H3. The average Bonchev–Trinajstić information content (AvgIpc) is 2.72. The molecule has 3 rings (SSSR count). The van der Waals surface area contributed by atoms with Crippen molar-refractivity contribution < 1.29 is 4.79 Å². The Bertz CT molecular complexity index is 621. The number of aliphatic imine (C=N–C) groups is 1. The summed E-state index contributed by atoms with van der Waals surface area (Å²) in [5, 5.41) is 3.05. The lowest BCUT2D eigenvalue weighted by atomic mass is 9.91. The highest BCUT2D eigenvalue weighted by molar-refractivity contribution is 6.63. The maximum atomic E-state index is 12.2. The van der Waals surface area contributed by atoms with Crippen LogP contribution in [0.25, 0.3) is 5.57 Å². The van der Waals surface area contributed by atoms with Crippen LogP contribution in [0, 0.1) is 0 Å². The minimum atomic E-state index is 0.0167. The highest BCUT2D eigenvalue weighted by Crippen LogP contribution is 2.38. The normalized spacial score (nSPS) is 17.4. The van der Waals surface area contributed by atoms with Crippen molar-refractivity contribution in [2.75, 3.05) is 7.05 Å². The molecule has 1 aliphatic heterocycles. The van der Waals surface area contributed by atoms with E-state index in [2.05, 4.69) is 10.3 Å². The van der Waals surface area contributed by atoms with E-state index in [-0.39, 0.29) is 5.78 Å². The summed E-state index contributed by atoms with van der Waals surface area (Å²) in [5.74, 6) is 0.0167. The third-order valence-corrected chi connectivity index (χ3v) is 3.20. The third-order valence-electron chi connectivity index (χ3n) is 3.20. The predicted octanol–water partition coefficient (Wildman–Crippen LogP) is 2.23. The quantitative estimate of drug-likeness (QED) is 0.743. The molecule has 1 heterocycles. The number of fused-ring (bicyclic) bond motifs is 3. The lowest BCUT2D eigenvalue weighted by Crippen LogP contribution is -2.23. The van der Waals surface area contributed by atoms with Gasteiger partial charge in [0.1, 0.15) is 5.71 Å². The second-order valence-corrected chi connectivity index (χ2v) is 4.15. The number of Topliss-reactive ketones (excluding diaryl/α,β-unsaturated/α-hetero) is 1. The van der Waals surface area contributed by atoms with Gasteiger partial charge in [0.15, 0.2) is 0 Å². The number of nitrogens with zero attached hydrogens (tertiary/aromatic N) is 1. The van der Waals surface area contributed by atoms with Gasteiger partial charge in [-0.2, -0.15) is 0 Å². The van der Waals surface area contributed by atoms with E-state index in [9.17, 15) is 4.79 Å². The van der Waals surface area contributed by atoms with Crippen molar-refractivity contribution in [2.45, 2.75) is 6.92 Å². The second-order valence-electron chi connectivity index (χ2n) is 4.15. The number of ketones is 1. The van der Waals surface area contributed by atoms with Crippen molar-refractivity contribution in [3.05, 3.63) is 47.2 Å². The zero-order valence-electron chi connectivity index (χ0n) is 9.74. The monoisotopic (exact) mass is 224 g/mol. The molecule has 0 atom stereocenters. The van der Waals surface area contributed by atoms with Crippen LogP contribution in [0.5, 0.6) is 0 Å². The molecule has 3 heteroatoms. The molecule has 0 unspecified atom stereocenters. The smallest absolute Gasteiger partial charge is 0.209 e. The van der Waals surface area contributed by atoms with Crippen LogP contribution < -0.4 is 5.32 Å². The summed E-state index contributed by atoms with van der Waals surface area (Å²) in [4.78, 5) is 16.6. The van der Waals surface area contributed by atoms with Gasteiger partial charge in [-0.1, -0.05) is 18.2 Å². The molecule has 3 nitrogen and oxygen atoms in total. The molecule has 0 amide bonds. The number of carbonyl (C=O) groups excluding carboxylic acids is 1. The van der Waals surface area contributed by atoms with Crippen molar-refractivity contribution in [3.63, 3.8) is 0 Å². The van der Waals surface area contributed by atoms with E-state index in [1.54, 1.807) is 0 Å². The van der Waals surface area contributed by atoms with Gasteiger partial charge in [0, 0.05) is 29.5 Å². The first kappa shape index (κ1) is 10.0. The summed E-state index contributed by atoms with van der Waals surface area (Å²) in [6.07, 6.45) is 2.00. The number of rotatable bonds is 1. The van der Waals surface area contributed by atoms with Crippen LogP contribution in [0.3, 0.4) is 0 Å². The van der Waals surface area contributed by atoms with Crippen molar-refractivity contribution >= 4 is 22.8 Å². The Labute approximate surface area is 99.6 Å². The Hall–Kier alpha value is -2.16. The largest absolute Gasteiger partial charge is 0.388 e. The Kier molecular flexibility index (Phi) is 2.01. The van der Waals surface area contributed by atoms with Crippen molar-refractivity contribution in [3.8, 4) is 0 Å². The minimum absolute atomic E-state index is 0.0167. The molecule has 0 spiro atoms. The summed E-state index contributed by atoms with van der Waals surface area (Å²) in [7, 11) is 1.83. The van der Waals surface area contributed by atoms with Crippen LogP contribution in [0.15, 0.2) is 46.6 Å². The number of hydrogen-bond acceptors (Lipinski definition) is 3. The van der Waals surface area contributed by atoms with Gasteiger partial charge in [-0.25, -0.2) is 4.99 Å². The lowest BCUT2D eigenvalue weighted by Gasteiger charge is -2.15. The van der Waals surface area contributed by atoms with Gasteiger partial charge in [0.25, 0.3) is 0 Å². The second kappa shape index (κ2) is 3.42. The maximum Gasteiger partial charge on any atom is 0.209 e. The molecule has 1 N–H and O–H groups in total. The van der Waals surface area contributed by atoms with E-state index in [1.165, 1.54) is 0 Å². The number of likely N-dealkylation sites (N-methyl/N-ethyl adjacent to an activating group) is 1. The van der Waals surface area contributed by atoms with Gasteiger partial charge in [0.2, 0.25) is 5.78 Å². The third kappa shape index (κ3) is 1.29. The minimum Gasteiger partial charge on any atom is -0.388 e. The van der Waals surface area contributed by atoms with E-state index < -0.39 is 0 Å². The van der Waals surface area contributed by atoms with Gasteiger partial charge < -0.3 is 5.32 Å². The van der Waals surface area contributed by atoms with Crippen LogP contribution >= 0.6 is 0 Å². The topological polar surface area (TPSA) is 41.5 Å². The van der Waals surface area contributed by atoms with E-state index >= 15 is 0 Å². The summed E-state index contributed by atoms with van der Waals surface area (Å²) < 4.78 is 0. The van der Waals surface area contributed by atoms with E-state index in [0.29, 0.717) is 5.71 Å². The van der Waals surface area contributed by atoms with Crippen molar-refractivity contribution in [1.82, 2.24) is 5.32 Å². The molecule has 0 radical (unpaired) electrons. The van der Waals surface area contributed by atoms with Crippen LogP contribution in [0.4, 0.5) is 5.69 Å². The Morgan fingerprint density at radius 1 is 1.24 bits per heavy atom. The molecule has 17 heavy (non-hydrogen) atoms. The summed E-state index contributed by atoms with van der Waals surface area (Å²) >= 11 is 0. The number of benzene rings is 1. The fraction of sp³-hybridized carbons (Fsp3) is 0.143. The van der Waals surface area contributed by atoms with Gasteiger partial charge in [-0.15, -0.1) is 0 Å². The first-order chi connectivity index (χ1) is 8.22. The van der Waals surface area contributed by atoms with Gasteiger partial charge >= 0.3 is 0 Å².